The van der Waals surface area contributed by atoms with Gasteiger partial charge in [-0.25, -0.2) is 0 Å². The van der Waals surface area contributed by atoms with Gasteiger partial charge in [0.1, 0.15) is 0 Å². The van der Waals surface area contributed by atoms with Gasteiger partial charge in [0.25, 0.3) is 0 Å². The Balaban J connectivity index is 1.81. The number of hydrogen-bond acceptors (Lipinski definition) is 4. The van der Waals surface area contributed by atoms with Crippen LogP contribution in [0, 0.1) is 0 Å². The van der Waals surface area contributed by atoms with Crippen LogP contribution in [0.25, 0.3) is 0 Å². The predicted octanol–water partition coefficient (Wildman–Crippen LogP) is 0.782. The average Bonchev–Trinajstić information content (AvgIpc) is 2.46. The first kappa shape index (κ1) is 13.3. The summed E-state index contributed by atoms with van der Waals surface area (Å²) in [5, 5.41) is 0. The van der Waals surface area contributed by atoms with E-state index in [-0.39, 0.29) is 6.10 Å². The minimum Gasteiger partial charge on any atom is -0.379 e. The standard InChI is InChI=1S/C14H23N3O/c1-18-14(11-15)12-16-7-9-17(10-8-16)13-5-3-2-4-6-13/h2-6,14H,7-12,15H2,1H3. The maximum Gasteiger partial charge on any atom is 0.0820 e. The van der Waals surface area contributed by atoms with Crippen LogP contribution in [-0.4, -0.2) is 57.4 Å². The molecule has 0 amide bonds. The summed E-state index contributed by atoms with van der Waals surface area (Å²) in [6, 6.07) is 10.6. The highest BCUT2D eigenvalue weighted by molar-refractivity contribution is 5.46. The van der Waals surface area contributed by atoms with Gasteiger partial charge in [-0.2, -0.15) is 0 Å². The van der Waals surface area contributed by atoms with E-state index in [0.29, 0.717) is 6.54 Å². The van der Waals surface area contributed by atoms with Crippen molar-refractivity contribution in [3.8, 4) is 0 Å². The molecule has 1 unspecified atom stereocenters. The van der Waals surface area contributed by atoms with Gasteiger partial charge in [0, 0.05) is 52.1 Å². The highest BCUT2D eigenvalue weighted by atomic mass is 16.5. The lowest BCUT2D eigenvalue weighted by atomic mass is 10.2. The van der Waals surface area contributed by atoms with E-state index in [9.17, 15) is 0 Å². The van der Waals surface area contributed by atoms with Gasteiger partial charge in [-0.3, -0.25) is 4.90 Å². The van der Waals surface area contributed by atoms with Crippen LogP contribution in [0.3, 0.4) is 0 Å². The van der Waals surface area contributed by atoms with Crippen LogP contribution >= 0.6 is 0 Å². The first-order valence-electron chi connectivity index (χ1n) is 6.58. The first-order valence-corrected chi connectivity index (χ1v) is 6.58. The van der Waals surface area contributed by atoms with Crippen molar-refractivity contribution in [3.63, 3.8) is 0 Å². The number of piperazine rings is 1. The largest absolute Gasteiger partial charge is 0.379 e. The topological polar surface area (TPSA) is 41.7 Å². The molecule has 1 aliphatic heterocycles. The van der Waals surface area contributed by atoms with Crippen LogP contribution in [0.4, 0.5) is 5.69 Å². The monoisotopic (exact) mass is 249 g/mol. The summed E-state index contributed by atoms with van der Waals surface area (Å²) in [5.74, 6) is 0. The van der Waals surface area contributed by atoms with Gasteiger partial charge in [0.05, 0.1) is 6.10 Å². The molecule has 1 aromatic carbocycles. The molecule has 1 aliphatic rings. The number of ether oxygens (including phenoxy) is 1. The van der Waals surface area contributed by atoms with E-state index in [1.54, 1.807) is 7.11 Å². The third kappa shape index (κ3) is 3.45. The van der Waals surface area contributed by atoms with Crippen molar-refractivity contribution in [2.45, 2.75) is 6.10 Å². The molecule has 18 heavy (non-hydrogen) atoms. The maximum absolute atomic E-state index is 5.66. The predicted molar refractivity (Wildman–Crippen MR) is 74.9 cm³/mol. The highest BCUT2D eigenvalue weighted by Gasteiger charge is 2.19. The van der Waals surface area contributed by atoms with Crippen LogP contribution in [-0.2, 0) is 4.74 Å². The van der Waals surface area contributed by atoms with Gasteiger partial charge in [-0.1, -0.05) is 18.2 Å². The van der Waals surface area contributed by atoms with E-state index in [0.717, 1.165) is 32.7 Å². The molecule has 1 aromatic rings. The molecule has 0 radical (unpaired) electrons. The molecule has 100 valence electrons. The molecule has 0 aliphatic carbocycles. The third-order valence-electron chi connectivity index (χ3n) is 3.55. The quantitative estimate of drug-likeness (QED) is 0.837. The van der Waals surface area contributed by atoms with Gasteiger partial charge in [0.2, 0.25) is 0 Å². The number of nitrogens with two attached hydrogens (primary N) is 1. The van der Waals surface area contributed by atoms with Gasteiger partial charge >= 0.3 is 0 Å². The molecule has 1 atom stereocenters. The van der Waals surface area contributed by atoms with E-state index in [1.165, 1.54) is 5.69 Å². The van der Waals surface area contributed by atoms with Crippen molar-refractivity contribution in [3.05, 3.63) is 30.3 Å². The smallest absolute Gasteiger partial charge is 0.0820 e. The van der Waals surface area contributed by atoms with Crippen LogP contribution in [0.15, 0.2) is 30.3 Å². The zero-order valence-corrected chi connectivity index (χ0v) is 11.1. The number of para-hydroxylation sites is 1. The number of hydrogen-bond donors (Lipinski definition) is 1. The lowest BCUT2D eigenvalue weighted by molar-refractivity contribution is 0.0679. The van der Waals surface area contributed by atoms with E-state index < -0.39 is 0 Å². The van der Waals surface area contributed by atoms with Crippen LogP contribution in [0.5, 0.6) is 0 Å². The Morgan fingerprint density at radius 2 is 1.83 bits per heavy atom. The minimum absolute atomic E-state index is 0.160. The van der Waals surface area contributed by atoms with E-state index in [2.05, 4.69) is 40.1 Å². The van der Waals surface area contributed by atoms with Gasteiger partial charge in [0.15, 0.2) is 0 Å². The summed E-state index contributed by atoms with van der Waals surface area (Å²) >= 11 is 0. The number of anilines is 1. The highest BCUT2D eigenvalue weighted by Crippen LogP contribution is 2.15. The van der Waals surface area contributed by atoms with Gasteiger partial charge in [-0.15, -0.1) is 0 Å². The zero-order valence-electron chi connectivity index (χ0n) is 11.1. The minimum atomic E-state index is 0.160. The molecule has 0 spiro atoms. The van der Waals surface area contributed by atoms with Crippen LogP contribution in [0.1, 0.15) is 0 Å². The van der Waals surface area contributed by atoms with Gasteiger partial charge in [-0.05, 0) is 12.1 Å². The van der Waals surface area contributed by atoms with Crippen molar-refractivity contribution in [1.82, 2.24) is 4.90 Å². The van der Waals surface area contributed by atoms with Gasteiger partial charge < -0.3 is 15.4 Å². The number of methoxy groups -OCH3 is 1. The molecule has 2 N–H and O–H groups in total. The molecular weight excluding hydrogens is 226 g/mol. The normalized spacial score (nSPS) is 18.9. The van der Waals surface area contributed by atoms with E-state index in [4.69, 9.17) is 10.5 Å². The SMILES string of the molecule is COC(CN)CN1CCN(c2ccccc2)CC1. The molecule has 4 heteroatoms. The fourth-order valence-electron chi connectivity index (χ4n) is 2.36. The number of rotatable bonds is 5. The number of nitrogens with zero attached hydrogens (tertiary/aromatic N) is 2. The van der Waals surface area contributed by atoms with Crippen molar-refractivity contribution >= 4 is 5.69 Å². The molecule has 2 rings (SSSR count). The second kappa shape index (κ2) is 6.73. The van der Waals surface area contributed by atoms with Crippen LogP contribution < -0.4 is 10.6 Å². The molecule has 1 fully saturated rings. The first-order chi connectivity index (χ1) is 8.83. The van der Waals surface area contributed by atoms with Crippen molar-refractivity contribution in [2.24, 2.45) is 5.73 Å². The molecular formula is C14H23N3O. The van der Waals surface area contributed by atoms with Crippen LogP contribution in [0.2, 0.25) is 0 Å². The Morgan fingerprint density at radius 1 is 1.17 bits per heavy atom. The van der Waals surface area contributed by atoms with E-state index >= 15 is 0 Å². The molecule has 0 aromatic heterocycles. The Labute approximate surface area is 109 Å². The Hall–Kier alpha value is -1.10. The summed E-state index contributed by atoms with van der Waals surface area (Å²) in [6.07, 6.45) is 0.160. The fourth-order valence-corrected chi connectivity index (χ4v) is 2.36. The Morgan fingerprint density at radius 3 is 2.39 bits per heavy atom. The summed E-state index contributed by atoms with van der Waals surface area (Å²) in [6.45, 7) is 5.84. The maximum atomic E-state index is 5.66. The molecule has 1 saturated heterocycles. The lowest BCUT2D eigenvalue weighted by Crippen LogP contribution is -2.49. The molecule has 1 heterocycles. The lowest BCUT2D eigenvalue weighted by Gasteiger charge is -2.37. The Kier molecular flexibility index (Phi) is 4.99. The molecule has 0 bridgehead atoms. The van der Waals surface area contributed by atoms with Crippen molar-refractivity contribution in [1.29, 1.82) is 0 Å². The average molecular weight is 249 g/mol. The summed E-state index contributed by atoms with van der Waals surface area (Å²) in [7, 11) is 1.73. The summed E-state index contributed by atoms with van der Waals surface area (Å²) < 4.78 is 5.33. The second-order valence-electron chi connectivity index (χ2n) is 4.72. The molecule has 4 nitrogen and oxygen atoms in total. The molecule has 0 saturated carbocycles. The van der Waals surface area contributed by atoms with Crippen molar-refractivity contribution in [2.75, 3.05) is 51.3 Å². The summed E-state index contributed by atoms with van der Waals surface area (Å²) in [5.41, 5.74) is 6.98. The number of benzene rings is 1. The third-order valence-corrected chi connectivity index (χ3v) is 3.55. The fraction of sp³-hybridized carbons (Fsp3) is 0.571. The Bertz CT molecular complexity index is 332. The van der Waals surface area contributed by atoms with Crippen molar-refractivity contribution < 1.29 is 4.74 Å². The summed E-state index contributed by atoms with van der Waals surface area (Å²) in [4.78, 5) is 4.86. The van der Waals surface area contributed by atoms with E-state index in [1.807, 2.05) is 0 Å². The zero-order chi connectivity index (χ0) is 12.8. The second-order valence-corrected chi connectivity index (χ2v) is 4.72.